The van der Waals surface area contributed by atoms with E-state index in [0.717, 1.165) is 11.8 Å². The van der Waals surface area contributed by atoms with Crippen molar-refractivity contribution in [3.05, 3.63) is 11.1 Å². The Morgan fingerprint density at radius 2 is 1.75 bits per heavy atom. The number of hydrogen-bond acceptors (Lipinski definition) is 0. The van der Waals surface area contributed by atoms with Crippen molar-refractivity contribution in [1.29, 1.82) is 0 Å². The molecule has 0 aromatic carbocycles. The van der Waals surface area contributed by atoms with E-state index in [9.17, 15) is 0 Å². The second kappa shape index (κ2) is 1.61. The van der Waals surface area contributed by atoms with E-state index in [4.69, 9.17) is 0 Å². The maximum Gasteiger partial charge on any atom is -0.00158 e. The monoisotopic (exact) mass is 110 g/mol. The highest BCUT2D eigenvalue weighted by Crippen LogP contribution is 2.42. The summed E-state index contributed by atoms with van der Waals surface area (Å²) in [4.78, 5) is 0. The SMILES string of the molecule is CC1=C(C(C)C)C1C. The van der Waals surface area contributed by atoms with E-state index < -0.39 is 0 Å². The van der Waals surface area contributed by atoms with Crippen LogP contribution in [0.15, 0.2) is 11.1 Å². The zero-order valence-electron chi connectivity index (χ0n) is 6.15. The van der Waals surface area contributed by atoms with Gasteiger partial charge in [0.2, 0.25) is 0 Å². The van der Waals surface area contributed by atoms with Gasteiger partial charge in [0.15, 0.2) is 0 Å². The lowest BCUT2D eigenvalue weighted by Gasteiger charge is -1.94. The van der Waals surface area contributed by atoms with E-state index in [-0.39, 0.29) is 0 Å². The molecule has 1 atom stereocenters. The van der Waals surface area contributed by atoms with Crippen LogP contribution in [0.4, 0.5) is 0 Å². The summed E-state index contributed by atoms with van der Waals surface area (Å²) in [7, 11) is 0. The Labute approximate surface area is 51.6 Å². The van der Waals surface area contributed by atoms with Crippen LogP contribution in [0.3, 0.4) is 0 Å². The van der Waals surface area contributed by atoms with Gasteiger partial charge in [0, 0.05) is 0 Å². The van der Waals surface area contributed by atoms with Crippen molar-refractivity contribution < 1.29 is 0 Å². The van der Waals surface area contributed by atoms with E-state index >= 15 is 0 Å². The zero-order valence-corrected chi connectivity index (χ0v) is 6.15. The summed E-state index contributed by atoms with van der Waals surface area (Å²) in [5.41, 5.74) is 3.31. The van der Waals surface area contributed by atoms with Crippen LogP contribution in [-0.4, -0.2) is 0 Å². The van der Waals surface area contributed by atoms with E-state index in [1.165, 1.54) is 0 Å². The molecule has 8 heavy (non-hydrogen) atoms. The summed E-state index contributed by atoms with van der Waals surface area (Å²) in [6.45, 7) is 9.05. The van der Waals surface area contributed by atoms with Crippen molar-refractivity contribution in [2.24, 2.45) is 11.8 Å². The smallest absolute Gasteiger partial charge is 0.00158 e. The molecule has 0 heteroatoms. The van der Waals surface area contributed by atoms with Gasteiger partial charge in [-0.15, -0.1) is 0 Å². The van der Waals surface area contributed by atoms with E-state index in [2.05, 4.69) is 27.7 Å². The molecule has 0 spiro atoms. The maximum atomic E-state index is 2.28. The predicted molar refractivity (Wildman–Crippen MR) is 36.7 cm³/mol. The minimum absolute atomic E-state index is 0.796. The van der Waals surface area contributed by atoms with Gasteiger partial charge in [0.25, 0.3) is 0 Å². The molecule has 0 saturated carbocycles. The van der Waals surface area contributed by atoms with Gasteiger partial charge in [-0.1, -0.05) is 31.9 Å². The van der Waals surface area contributed by atoms with Crippen LogP contribution < -0.4 is 0 Å². The van der Waals surface area contributed by atoms with Gasteiger partial charge in [-0.25, -0.2) is 0 Å². The molecule has 0 aromatic heterocycles. The van der Waals surface area contributed by atoms with Crippen LogP contribution in [0, 0.1) is 11.8 Å². The Kier molecular flexibility index (Phi) is 1.18. The van der Waals surface area contributed by atoms with Crippen molar-refractivity contribution in [2.75, 3.05) is 0 Å². The van der Waals surface area contributed by atoms with E-state index in [1.807, 2.05) is 0 Å². The van der Waals surface area contributed by atoms with Crippen molar-refractivity contribution in [3.8, 4) is 0 Å². The third-order valence-corrected chi connectivity index (χ3v) is 2.11. The minimum atomic E-state index is 0.796. The molecule has 0 radical (unpaired) electrons. The third-order valence-electron chi connectivity index (χ3n) is 2.11. The Morgan fingerprint density at radius 3 is 1.75 bits per heavy atom. The average molecular weight is 110 g/mol. The predicted octanol–water partition coefficient (Wildman–Crippen LogP) is 2.61. The molecule has 0 bridgehead atoms. The second-order valence-corrected chi connectivity index (χ2v) is 3.01. The molecule has 0 fully saturated rings. The number of hydrogen-bond donors (Lipinski definition) is 0. The third kappa shape index (κ3) is 0.683. The first-order chi connectivity index (χ1) is 3.64. The Hall–Kier alpha value is -0.260. The minimum Gasteiger partial charge on any atom is -0.0664 e. The van der Waals surface area contributed by atoms with Crippen molar-refractivity contribution >= 4 is 0 Å². The number of allylic oxidation sites excluding steroid dienone is 2. The Balaban J connectivity index is 2.52. The van der Waals surface area contributed by atoms with Gasteiger partial charge in [-0.05, 0) is 18.8 Å². The van der Waals surface area contributed by atoms with Crippen LogP contribution in [0.25, 0.3) is 0 Å². The first-order valence-electron chi connectivity index (χ1n) is 3.35. The molecule has 1 aliphatic carbocycles. The van der Waals surface area contributed by atoms with Crippen LogP contribution >= 0.6 is 0 Å². The molecule has 0 aromatic rings. The number of rotatable bonds is 1. The molecular formula is C8H14. The Morgan fingerprint density at radius 1 is 1.38 bits per heavy atom. The summed E-state index contributed by atoms with van der Waals surface area (Å²) in [6.07, 6.45) is 0. The molecule has 0 N–H and O–H groups in total. The molecule has 46 valence electrons. The van der Waals surface area contributed by atoms with Gasteiger partial charge >= 0.3 is 0 Å². The highest BCUT2D eigenvalue weighted by Gasteiger charge is 2.29. The van der Waals surface area contributed by atoms with Crippen LogP contribution in [-0.2, 0) is 0 Å². The molecule has 0 saturated heterocycles. The largest absolute Gasteiger partial charge is 0.0664 e. The summed E-state index contributed by atoms with van der Waals surface area (Å²) in [6, 6.07) is 0. The molecule has 1 rings (SSSR count). The highest BCUT2D eigenvalue weighted by atomic mass is 14.3. The lowest BCUT2D eigenvalue weighted by molar-refractivity contribution is 0.750. The lowest BCUT2D eigenvalue weighted by atomic mass is 10.1. The normalized spacial score (nSPS) is 27.4. The fraction of sp³-hybridized carbons (Fsp3) is 0.750. The molecule has 1 unspecified atom stereocenters. The van der Waals surface area contributed by atoms with Crippen LogP contribution in [0.1, 0.15) is 27.7 Å². The maximum absolute atomic E-state index is 2.28. The second-order valence-electron chi connectivity index (χ2n) is 3.01. The molecular weight excluding hydrogens is 96.1 g/mol. The van der Waals surface area contributed by atoms with E-state index in [1.54, 1.807) is 11.1 Å². The van der Waals surface area contributed by atoms with Gasteiger partial charge in [0.05, 0.1) is 0 Å². The van der Waals surface area contributed by atoms with Crippen LogP contribution in [0.2, 0.25) is 0 Å². The fourth-order valence-electron chi connectivity index (χ4n) is 1.46. The van der Waals surface area contributed by atoms with Gasteiger partial charge in [-0.3, -0.25) is 0 Å². The highest BCUT2D eigenvalue weighted by molar-refractivity contribution is 5.39. The standard InChI is InChI=1S/C8H14/c1-5(2)8-6(3)7(8)4/h5-6H,1-4H3. The van der Waals surface area contributed by atoms with Crippen molar-refractivity contribution in [3.63, 3.8) is 0 Å². The van der Waals surface area contributed by atoms with Gasteiger partial charge in [-0.2, -0.15) is 0 Å². The Bertz CT molecular complexity index is 129. The fourth-order valence-corrected chi connectivity index (χ4v) is 1.46. The molecule has 0 nitrogen and oxygen atoms in total. The van der Waals surface area contributed by atoms with Gasteiger partial charge < -0.3 is 0 Å². The lowest BCUT2D eigenvalue weighted by Crippen LogP contribution is -1.83. The van der Waals surface area contributed by atoms with Crippen molar-refractivity contribution in [2.45, 2.75) is 27.7 Å². The molecule has 0 aliphatic heterocycles. The first kappa shape index (κ1) is 5.87. The first-order valence-corrected chi connectivity index (χ1v) is 3.35. The van der Waals surface area contributed by atoms with Crippen molar-refractivity contribution in [1.82, 2.24) is 0 Å². The average Bonchev–Trinajstić information content (AvgIpc) is 2.15. The summed E-state index contributed by atoms with van der Waals surface area (Å²) in [5.74, 6) is 1.64. The quantitative estimate of drug-likeness (QED) is 0.455. The topological polar surface area (TPSA) is 0 Å². The molecule has 0 heterocycles. The van der Waals surface area contributed by atoms with Crippen LogP contribution in [0.5, 0.6) is 0 Å². The van der Waals surface area contributed by atoms with E-state index in [0.29, 0.717) is 0 Å². The van der Waals surface area contributed by atoms with Gasteiger partial charge in [0.1, 0.15) is 0 Å². The molecule has 1 aliphatic rings. The molecule has 0 amide bonds. The zero-order chi connectivity index (χ0) is 6.31. The summed E-state index contributed by atoms with van der Waals surface area (Å²) >= 11 is 0. The summed E-state index contributed by atoms with van der Waals surface area (Å²) in [5, 5.41) is 0. The summed E-state index contributed by atoms with van der Waals surface area (Å²) < 4.78 is 0.